The molecule has 2 unspecified atom stereocenters. The number of carbonyl (C=O) groups is 1. The molecule has 1 fully saturated rings. The van der Waals surface area contributed by atoms with Crippen molar-refractivity contribution in [3.63, 3.8) is 0 Å². The van der Waals surface area contributed by atoms with Crippen LogP contribution in [0.5, 0.6) is 0 Å². The maximum absolute atomic E-state index is 14.0. The SMILES string of the molecule is C=CCNS(=O)(=O)c1cc(C(=O)NC2C(C)CCCC2C)ccc1F. The Labute approximate surface area is 148 Å². The average molecular weight is 368 g/mol. The Morgan fingerprint density at radius 1 is 1.32 bits per heavy atom. The van der Waals surface area contributed by atoms with E-state index in [4.69, 9.17) is 0 Å². The zero-order valence-corrected chi connectivity index (χ0v) is 15.4. The molecule has 2 N–H and O–H groups in total. The lowest BCUT2D eigenvalue weighted by molar-refractivity contribution is 0.0880. The van der Waals surface area contributed by atoms with Crippen LogP contribution in [0.2, 0.25) is 0 Å². The quantitative estimate of drug-likeness (QED) is 0.758. The standard InChI is InChI=1S/C18H25FN2O3S/c1-4-10-20-25(23,24)16-11-14(8-9-15(16)19)18(22)21-17-12(2)6-5-7-13(17)3/h4,8-9,11-13,17,20H,1,5-7,10H2,2-3H3,(H,21,22). The highest BCUT2D eigenvalue weighted by molar-refractivity contribution is 7.89. The average Bonchev–Trinajstić information content (AvgIpc) is 2.56. The molecule has 7 heteroatoms. The first kappa shape index (κ1) is 19.6. The molecule has 1 amide bonds. The van der Waals surface area contributed by atoms with Crippen LogP contribution in [0, 0.1) is 17.7 Å². The minimum atomic E-state index is -4.04. The topological polar surface area (TPSA) is 75.3 Å². The van der Waals surface area contributed by atoms with Gasteiger partial charge in [-0.1, -0.05) is 26.3 Å². The van der Waals surface area contributed by atoms with Crippen molar-refractivity contribution in [1.82, 2.24) is 10.0 Å². The molecule has 0 radical (unpaired) electrons. The second kappa shape index (κ2) is 8.10. The zero-order chi connectivity index (χ0) is 18.6. The lowest BCUT2D eigenvalue weighted by Crippen LogP contribution is -2.45. The molecular weight excluding hydrogens is 343 g/mol. The Morgan fingerprint density at radius 2 is 1.96 bits per heavy atom. The third-order valence-electron chi connectivity index (χ3n) is 4.74. The molecule has 0 bridgehead atoms. The van der Waals surface area contributed by atoms with Crippen LogP contribution in [0.25, 0.3) is 0 Å². The third kappa shape index (κ3) is 4.67. The van der Waals surface area contributed by atoms with Crippen molar-refractivity contribution in [3.8, 4) is 0 Å². The molecule has 2 atom stereocenters. The second-order valence-electron chi connectivity index (χ2n) is 6.67. The zero-order valence-electron chi connectivity index (χ0n) is 14.6. The number of nitrogens with one attached hydrogen (secondary N) is 2. The molecule has 1 aliphatic carbocycles. The van der Waals surface area contributed by atoms with Crippen molar-refractivity contribution in [2.45, 2.75) is 44.0 Å². The van der Waals surface area contributed by atoms with Crippen molar-refractivity contribution in [1.29, 1.82) is 0 Å². The molecule has 0 aromatic heterocycles. The van der Waals surface area contributed by atoms with E-state index in [1.165, 1.54) is 12.1 Å². The first-order chi connectivity index (χ1) is 11.8. The van der Waals surface area contributed by atoms with Gasteiger partial charge in [0.05, 0.1) is 0 Å². The van der Waals surface area contributed by atoms with Crippen molar-refractivity contribution in [2.24, 2.45) is 11.8 Å². The fraction of sp³-hybridized carbons (Fsp3) is 0.500. The summed E-state index contributed by atoms with van der Waals surface area (Å²) < 4.78 is 40.5. The molecule has 0 heterocycles. The molecule has 25 heavy (non-hydrogen) atoms. The summed E-state index contributed by atoms with van der Waals surface area (Å²) in [6.45, 7) is 7.60. The molecule has 0 saturated heterocycles. The normalized spacial score (nSPS) is 23.9. The highest BCUT2D eigenvalue weighted by Crippen LogP contribution is 2.29. The molecule has 2 rings (SSSR count). The summed E-state index contributed by atoms with van der Waals surface area (Å²) in [5.41, 5.74) is 0.130. The molecular formula is C18H25FN2O3S. The van der Waals surface area contributed by atoms with Crippen molar-refractivity contribution in [2.75, 3.05) is 6.54 Å². The Hall–Kier alpha value is -1.73. The number of amides is 1. The Balaban J connectivity index is 2.23. The van der Waals surface area contributed by atoms with Crippen molar-refractivity contribution in [3.05, 3.63) is 42.2 Å². The van der Waals surface area contributed by atoms with Gasteiger partial charge in [-0.05, 0) is 42.9 Å². The predicted octanol–water partition coefficient (Wildman–Crippen LogP) is 2.84. The van der Waals surface area contributed by atoms with Crippen molar-refractivity contribution >= 4 is 15.9 Å². The van der Waals surface area contributed by atoms with Gasteiger partial charge in [0, 0.05) is 18.2 Å². The van der Waals surface area contributed by atoms with Gasteiger partial charge in [-0.2, -0.15) is 0 Å². The fourth-order valence-electron chi connectivity index (χ4n) is 3.30. The largest absolute Gasteiger partial charge is 0.349 e. The number of benzene rings is 1. The van der Waals surface area contributed by atoms with Crippen LogP contribution in [0.3, 0.4) is 0 Å². The number of carbonyl (C=O) groups excluding carboxylic acids is 1. The van der Waals surface area contributed by atoms with Gasteiger partial charge in [0.15, 0.2) is 0 Å². The summed E-state index contributed by atoms with van der Waals surface area (Å²) in [6, 6.07) is 3.42. The molecule has 138 valence electrons. The summed E-state index contributed by atoms with van der Waals surface area (Å²) in [5, 5.41) is 2.98. The van der Waals surface area contributed by atoms with E-state index in [1.54, 1.807) is 0 Å². The number of rotatable bonds is 6. The maximum Gasteiger partial charge on any atom is 0.251 e. The molecule has 1 saturated carbocycles. The fourth-order valence-corrected chi connectivity index (χ4v) is 4.40. The smallest absolute Gasteiger partial charge is 0.251 e. The predicted molar refractivity (Wildman–Crippen MR) is 95.2 cm³/mol. The number of hydrogen-bond acceptors (Lipinski definition) is 3. The summed E-state index contributed by atoms with van der Waals surface area (Å²) in [5.74, 6) is -0.575. The maximum atomic E-state index is 14.0. The molecule has 1 aliphatic rings. The van der Waals surface area contributed by atoms with E-state index in [0.717, 1.165) is 31.4 Å². The van der Waals surface area contributed by atoms with Crippen LogP contribution in [0.1, 0.15) is 43.5 Å². The Bertz CT molecular complexity index is 739. The monoisotopic (exact) mass is 368 g/mol. The molecule has 5 nitrogen and oxygen atoms in total. The molecule has 1 aromatic rings. The molecule has 1 aromatic carbocycles. The van der Waals surface area contributed by atoms with Gasteiger partial charge in [0.2, 0.25) is 10.0 Å². The van der Waals surface area contributed by atoms with Gasteiger partial charge < -0.3 is 5.32 Å². The van der Waals surface area contributed by atoms with Crippen LogP contribution in [0.4, 0.5) is 4.39 Å². The molecule has 0 aliphatic heterocycles. The van der Waals surface area contributed by atoms with Crippen LogP contribution in [-0.4, -0.2) is 26.9 Å². The van der Waals surface area contributed by atoms with Gasteiger partial charge in [-0.3, -0.25) is 4.79 Å². The van der Waals surface area contributed by atoms with Gasteiger partial charge in [-0.25, -0.2) is 17.5 Å². The summed E-state index contributed by atoms with van der Waals surface area (Å²) in [6.07, 6.45) is 4.59. The minimum absolute atomic E-state index is 0.0186. The highest BCUT2D eigenvalue weighted by atomic mass is 32.2. The van der Waals surface area contributed by atoms with E-state index in [1.807, 2.05) is 0 Å². The third-order valence-corrected chi connectivity index (χ3v) is 6.18. The van der Waals surface area contributed by atoms with Gasteiger partial charge in [-0.15, -0.1) is 6.58 Å². The van der Waals surface area contributed by atoms with E-state index in [2.05, 4.69) is 30.5 Å². The molecule has 0 spiro atoms. The number of hydrogen-bond donors (Lipinski definition) is 2. The lowest BCUT2D eigenvalue weighted by Gasteiger charge is -2.35. The van der Waals surface area contributed by atoms with E-state index in [-0.39, 0.29) is 24.1 Å². The Morgan fingerprint density at radius 3 is 2.56 bits per heavy atom. The van der Waals surface area contributed by atoms with Gasteiger partial charge >= 0.3 is 0 Å². The first-order valence-electron chi connectivity index (χ1n) is 8.47. The van der Waals surface area contributed by atoms with Crippen LogP contribution < -0.4 is 10.0 Å². The highest BCUT2D eigenvalue weighted by Gasteiger charge is 2.29. The summed E-state index contributed by atoms with van der Waals surface area (Å²) in [7, 11) is -4.04. The van der Waals surface area contributed by atoms with E-state index < -0.39 is 20.7 Å². The second-order valence-corrected chi connectivity index (χ2v) is 8.41. The summed E-state index contributed by atoms with van der Waals surface area (Å²) >= 11 is 0. The number of halogens is 1. The Kier molecular flexibility index (Phi) is 6.35. The van der Waals surface area contributed by atoms with E-state index in [9.17, 15) is 17.6 Å². The number of sulfonamides is 1. The van der Waals surface area contributed by atoms with Crippen LogP contribution in [-0.2, 0) is 10.0 Å². The van der Waals surface area contributed by atoms with Crippen LogP contribution >= 0.6 is 0 Å². The van der Waals surface area contributed by atoms with Gasteiger partial charge in [0.25, 0.3) is 5.91 Å². The first-order valence-corrected chi connectivity index (χ1v) is 9.95. The minimum Gasteiger partial charge on any atom is -0.349 e. The lowest BCUT2D eigenvalue weighted by atomic mass is 9.78. The van der Waals surface area contributed by atoms with Crippen molar-refractivity contribution < 1.29 is 17.6 Å². The van der Waals surface area contributed by atoms with E-state index in [0.29, 0.717) is 11.8 Å². The van der Waals surface area contributed by atoms with Gasteiger partial charge in [0.1, 0.15) is 10.7 Å². The van der Waals surface area contributed by atoms with Crippen LogP contribution in [0.15, 0.2) is 35.7 Å². The summed E-state index contributed by atoms with van der Waals surface area (Å²) in [4.78, 5) is 12.0. The van der Waals surface area contributed by atoms with E-state index >= 15 is 0 Å².